The van der Waals surface area contributed by atoms with Crippen LogP contribution in [0.3, 0.4) is 0 Å². The van der Waals surface area contributed by atoms with E-state index in [0.29, 0.717) is 30.1 Å². The van der Waals surface area contributed by atoms with Crippen molar-refractivity contribution in [3.8, 4) is 0 Å². The van der Waals surface area contributed by atoms with E-state index in [4.69, 9.17) is 0 Å². The molecule has 74 valence electrons. The Morgan fingerprint density at radius 3 is 2.77 bits per heavy atom. The lowest BCUT2D eigenvalue weighted by molar-refractivity contribution is -0.117. The minimum atomic E-state index is 0.157. The third-order valence-corrected chi connectivity index (χ3v) is 2.87. The second-order valence-corrected chi connectivity index (χ2v) is 3.72. The van der Waals surface area contributed by atoms with Crippen LogP contribution >= 0.6 is 0 Å². The molecule has 0 radical (unpaired) electrons. The lowest BCUT2D eigenvalue weighted by atomic mass is 9.82. The zero-order valence-electron chi connectivity index (χ0n) is 8.47. The molecule has 13 heavy (non-hydrogen) atoms. The molecule has 1 aliphatic rings. The zero-order valence-corrected chi connectivity index (χ0v) is 8.47. The summed E-state index contributed by atoms with van der Waals surface area (Å²) < 4.78 is 0. The normalized spacial score (nSPS) is 27.5. The lowest BCUT2D eigenvalue weighted by Gasteiger charge is -2.22. The second kappa shape index (κ2) is 4.45. The van der Waals surface area contributed by atoms with E-state index < -0.39 is 0 Å². The molecule has 0 heterocycles. The fraction of sp³-hybridized carbons (Fsp3) is 0.727. The summed E-state index contributed by atoms with van der Waals surface area (Å²) in [4.78, 5) is 11.4. The van der Waals surface area contributed by atoms with Crippen LogP contribution in [0.4, 0.5) is 0 Å². The number of carbonyl (C=O) groups is 1. The van der Waals surface area contributed by atoms with Crippen LogP contribution in [0.25, 0.3) is 0 Å². The summed E-state index contributed by atoms with van der Waals surface area (Å²) in [7, 11) is 0. The first kappa shape index (κ1) is 10.3. The van der Waals surface area contributed by atoms with Gasteiger partial charge in [0.15, 0.2) is 5.78 Å². The van der Waals surface area contributed by atoms with Gasteiger partial charge in [0, 0.05) is 18.4 Å². The lowest BCUT2D eigenvalue weighted by Crippen LogP contribution is -2.18. The molecule has 0 aliphatic heterocycles. The molecule has 1 fully saturated rings. The third-order valence-electron chi connectivity index (χ3n) is 2.87. The average Bonchev–Trinajstić information content (AvgIpc) is 2.17. The molecule has 0 bridgehead atoms. The van der Waals surface area contributed by atoms with E-state index in [-0.39, 0.29) is 5.78 Å². The number of ketones is 1. The maximum atomic E-state index is 11.4. The summed E-state index contributed by atoms with van der Waals surface area (Å²) in [5, 5.41) is 9.53. The molecular weight excluding hydrogens is 164 g/mol. The molecule has 2 nitrogen and oxygen atoms in total. The van der Waals surface area contributed by atoms with Gasteiger partial charge >= 0.3 is 0 Å². The number of rotatable bonds is 2. The predicted molar refractivity (Wildman–Crippen MR) is 52.6 cm³/mol. The van der Waals surface area contributed by atoms with Crippen LogP contribution in [0.5, 0.6) is 0 Å². The first-order valence-corrected chi connectivity index (χ1v) is 5.13. The van der Waals surface area contributed by atoms with E-state index >= 15 is 0 Å². The van der Waals surface area contributed by atoms with Gasteiger partial charge in [0.2, 0.25) is 0 Å². The Labute approximate surface area is 79.6 Å². The molecule has 1 rings (SSSR count). The Bertz CT molecular complexity index is 228. The molecule has 0 aromatic heterocycles. The maximum absolute atomic E-state index is 11.4. The van der Waals surface area contributed by atoms with E-state index in [1.165, 1.54) is 0 Å². The smallest absolute Gasteiger partial charge is 0.162 e. The first-order valence-electron chi connectivity index (χ1n) is 5.13. The molecule has 2 heteroatoms. The van der Waals surface area contributed by atoms with Crippen LogP contribution in [0.2, 0.25) is 0 Å². The summed E-state index contributed by atoms with van der Waals surface area (Å²) in [6, 6.07) is 0. The Hall–Kier alpha value is -0.790. The molecule has 0 aromatic carbocycles. The van der Waals surface area contributed by atoms with Crippen molar-refractivity contribution in [2.75, 3.05) is 0 Å². The number of Topliss-reactive ketones (excluding diaryl/α,β-unsaturated/α-hetero) is 1. The van der Waals surface area contributed by atoms with E-state index in [1.807, 2.05) is 6.92 Å². The standard InChI is InChI=1S/C11H18O2/c1-3-8-5-6-11(13)9(7-8)10(12)4-2/h8,12H,3-7H2,1-2H3. The molecular formula is C11H18O2. The third kappa shape index (κ3) is 2.33. The van der Waals surface area contributed by atoms with E-state index in [1.54, 1.807) is 0 Å². The van der Waals surface area contributed by atoms with Crippen molar-refractivity contribution in [3.63, 3.8) is 0 Å². The second-order valence-electron chi connectivity index (χ2n) is 3.72. The predicted octanol–water partition coefficient (Wildman–Crippen LogP) is 2.99. The van der Waals surface area contributed by atoms with E-state index in [9.17, 15) is 9.90 Å². The molecule has 1 saturated carbocycles. The van der Waals surface area contributed by atoms with Crippen molar-refractivity contribution in [2.24, 2.45) is 5.92 Å². The number of hydrogen-bond donors (Lipinski definition) is 1. The number of carbonyl (C=O) groups excluding carboxylic acids is 1. The summed E-state index contributed by atoms with van der Waals surface area (Å²) in [6.45, 7) is 4.02. The van der Waals surface area contributed by atoms with Crippen LogP contribution in [0, 0.1) is 5.92 Å². The van der Waals surface area contributed by atoms with Gasteiger partial charge in [0.1, 0.15) is 0 Å². The largest absolute Gasteiger partial charge is 0.512 e. The number of aliphatic hydroxyl groups excluding tert-OH is 1. The van der Waals surface area contributed by atoms with Crippen LogP contribution in [-0.2, 0) is 4.79 Å². The first-order chi connectivity index (χ1) is 6.19. The highest BCUT2D eigenvalue weighted by Crippen LogP contribution is 2.30. The topological polar surface area (TPSA) is 37.3 Å². The highest BCUT2D eigenvalue weighted by molar-refractivity contribution is 5.96. The summed E-state index contributed by atoms with van der Waals surface area (Å²) in [5.41, 5.74) is 0.695. The van der Waals surface area contributed by atoms with Gasteiger partial charge in [-0.25, -0.2) is 0 Å². The summed E-state index contributed by atoms with van der Waals surface area (Å²) in [6.07, 6.45) is 4.09. The quantitative estimate of drug-likeness (QED) is 0.526. The minimum absolute atomic E-state index is 0.157. The van der Waals surface area contributed by atoms with Crippen molar-refractivity contribution < 1.29 is 9.90 Å². The van der Waals surface area contributed by atoms with E-state index in [0.717, 1.165) is 19.3 Å². The van der Waals surface area contributed by atoms with Gasteiger partial charge in [-0.2, -0.15) is 0 Å². The highest BCUT2D eigenvalue weighted by Gasteiger charge is 2.24. The van der Waals surface area contributed by atoms with Crippen molar-refractivity contribution in [1.29, 1.82) is 0 Å². The minimum Gasteiger partial charge on any atom is -0.512 e. The maximum Gasteiger partial charge on any atom is 0.162 e. The van der Waals surface area contributed by atoms with Gasteiger partial charge in [-0.3, -0.25) is 4.79 Å². The monoisotopic (exact) mass is 182 g/mol. The van der Waals surface area contributed by atoms with Gasteiger partial charge in [-0.1, -0.05) is 20.3 Å². The van der Waals surface area contributed by atoms with Gasteiger partial charge in [0.25, 0.3) is 0 Å². The number of aliphatic hydroxyl groups is 1. The zero-order chi connectivity index (χ0) is 9.84. The summed E-state index contributed by atoms with van der Waals surface area (Å²) >= 11 is 0. The molecule has 0 saturated heterocycles. The van der Waals surface area contributed by atoms with Crippen molar-refractivity contribution >= 4 is 5.78 Å². The highest BCUT2D eigenvalue weighted by atomic mass is 16.3. The molecule has 0 spiro atoms. The molecule has 1 aliphatic carbocycles. The Kier molecular flexibility index (Phi) is 3.52. The van der Waals surface area contributed by atoms with Gasteiger partial charge < -0.3 is 5.11 Å². The molecule has 1 N–H and O–H groups in total. The SMILES string of the molecule is CCC(O)=C1CC(CC)CCC1=O. The Balaban J connectivity index is 2.76. The van der Waals surface area contributed by atoms with Gasteiger partial charge in [-0.05, 0) is 18.8 Å². The fourth-order valence-electron chi connectivity index (χ4n) is 1.83. The number of hydrogen-bond acceptors (Lipinski definition) is 2. The van der Waals surface area contributed by atoms with E-state index in [2.05, 4.69) is 6.92 Å². The number of allylic oxidation sites excluding steroid dienone is 2. The molecule has 0 aromatic rings. The van der Waals surface area contributed by atoms with Crippen LogP contribution in [0.1, 0.15) is 46.0 Å². The van der Waals surface area contributed by atoms with Crippen molar-refractivity contribution in [3.05, 3.63) is 11.3 Å². The summed E-state index contributed by atoms with van der Waals surface area (Å²) in [5.74, 6) is 1.06. The Morgan fingerprint density at radius 1 is 1.54 bits per heavy atom. The van der Waals surface area contributed by atoms with Crippen LogP contribution < -0.4 is 0 Å². The van der Waals surface area contributed by atoms with Crippen molar-refractivity contribution in [1.82, 2.24) is 0 Å². The van der Waals surface area contributed by atoms with Crippen molar-refractivity contribution in [2.45, 2.75) is 46.0 Å². The van der Waals surface area contributed by atoms with Gasteiger partial charge in [-0.15, -0.1) is 0 Å². The van der Waals surface area contributed by atoms with Crippen LogP contribution in [-0.4, -0.2) is 10.9 Å². The molecule has 1 unspecified atom stereocenters. The van der Waals surface area contributed by atoms with Crippen LogP contribution in [0.15, 0.2) is 11.3 Å². The van der Waals surface area contributed by atoms with Gasteiger partial charge in [0.05, 0.1) is 5.76 Å². The Morgan fingerprint density at radius 2 is 2.23 bits per heavy atom. The average molecular weight is 182 g/mol. The fourth-order valence-corrected chi connectivity index (χ4v) is 1.83. The molecule has 1 atom stereocenters. The molecule has 0 amide bonds.